The second-order valence-electron chi connectivity index (χ2n) is 5.49. The number of hydrogen-bond donors (Lipinski definition) is 1. The highest BCUT2D eigenvalue weighted by atomic mass is 16.5. The van der Waals surface area contributed by atoms with Crippen LogP contribution in [-0.4, -0.2) is 43.1 Å². The standard InChI is InChI=1S/C17H22N2O3/c1-13-6-8-14(9-7-13)4-3-5-16(20)18-15-10-11-19(12-15)17(21)22-2/h3-4,6-9,15H,5,10-12H2,1-2H3,(H,18,20)/b4-3+/t15-/m0/s1. The third kappa shape index (κ3) is 4.62. The number of methoxy groups -OCH3 is 1. The number of benzene rings is 1. The molecule has 0 aromatic heterocycles. The summed E-state index contributed by atoms with van der Waals surface area (Å²) in [5.74, 6) is -0.0277. The van der Waals surface area contributed by atoms with Crippen LogP contribution < -0.4 is 5.32 Å². The van der Waals surface area contributed by atoms with Crippen molar-refractivity contribution in [1.29, 1.82) is 0 Å². The molecule has 1 saturated heterocycles. The number of ether oxygens (including phenoxy) is 1. The van der Waals surface area contributed by atoms with Gasteiger partial charge in [0.1, 0.15) is 0 Å². The van der Waals surface area contributed by atoms with Crippen LogP contribution in [0.15, 0.2) is 30.3 Å². The molecule has 0 unspecified atom stereocenters. The van der Waals surface area contributed by atoms with Crippen molar-refractivity contribution in [3.8, 4) is 0 Å². The van der Waals surface area contributed by atoms with E-state index in [1.54, 1.807) is 4.90 Å². The molecule has 0 bridgehead atoms. The molecule has 5 heteroatoms. The van der Waals surface area contributed by atoms with Crippen molar-refractivity contribution in [2.75, 3.05) is 20.2 Å². The number of carbonyl (C=O) groups is 2. The number of amides is 2. The molecule has 1 fully saturated rings. The van der Waals surface area contributed by atoms with E-state index in [1.165, 1.54) is 12.7 Å². The molecule has 1 aromatic carbocycles. The molecule has 1 N–H and O–H groups in total. The molecule has 0 saturated carbocycles. The first-order valence-corrected chi connectivity index (χ1v) is 7.44. The Morgan fingerprint density at radius 3 is 2.77 bits per heavy atom. The van der Waals surface area contributed by atoms with Crippen molar-refractivity contribution in [2.24, 2.45) is 0 Å². The molecule has 0 radical (unpaired) electrons. The lowest BCUT2D eigenvalue weighted by Crippen LogP contribution is -2.38. The first kappa shape index (κ1) is 16.1. The fraction of sp³-hybridized carbons (Fsp3) is 0.412. The molecule has 1 aliphatic rings. The van der Waals surface area contributed by atoms with Crippen molar-refractivity contribution in [2.45, 2.75) is 25.8 Å². The lowest BCUT2D eigenvalue weighted by Gasteiger charge is -2.15. The van der Waals surface area contributed by atoms with Crippen LogP contribution in [0.3, 0.4) is 0 Å². The Morgan fingerprint density at radius 2 is 2.09 bits per heavy atom. The van der Waals surface area contributed by atoms with Gasteiger partial charge in [-0.3, -0.25) is 4.79 Å². The van der Waals surface area contributed by atoms with Gasteiger partial charge in [0.25, 0.3) is 0 Å². The van der Waals surface area contributed by atoms with Crippen molar-refractivity contribution in [1.82, 2.24) is 10.2 Å². The molecule has 1 atom stereocenters. The first-order chi connectivity index (χ1) is 10.6. The zero-order chi connectivity index (χ0) is 15.9. The lowest BCUT2D eigenvalue weighted by molar-refractivity contribution is -0.120. The minimum Gasteiger partial charge on any atom is -0.453 e. The van der Waals surface area contributed by atoms with Gasteiger partial charge in [-0.15, -0.1) is 0 Å². The Bertz CT molecular complexity index is 552. The number of aryl methyl sites for hydroxylation is 1. The van der Waals surface area contributed by atoms with Crippen LogP contribution >= 0.6 is 0 Å². The van der Waals surface area contributed by atoms with Gasteiger partial charge in [-0.25, -0.2) is 4.79 Å². The van der Waals surface area contributed by atoms with Gasteiger partial charge < -0.3 is 15.0 Å². The van der Waals surface area contributed by atoms with Crippen LogP contribution in [0.2, 0.25) is 0 Å². The summed E-state index contributed by atoms with van der Waals surface area (Å²) in [5, 5.41) is 2.94. The monoisotopic (exact) mass is 302 g/mol. The van der Waals surface area contributed by atoms with E-state index in [4.69, 9.17) is 0 Å². The zero-order valence-electron chi connectivity index (χ0n) is 13.0. The molecule has 5 nitrogen and oxygen atoms in total. The third-order valence-electron chi connectivity index (χ3n) is 3.68. The number of hydrogen-bond acceptors (Lipinski definition) is 3. The topological polar surface area (TPSA) is 58.6 Å². The fourth-order valence-corrected chi connectivity index (χ4v) is 2.44. The van der Waals surface area contributed by atoms with Crippen LogP contribution in [0.25, 0.3) is 6.08 Å². The summed E-state index contributed by atoms with van der Waals surface area (Å²) in [5.41, 5.74) is 2.29. The van der Waals surface area contributed by atoms with Crippen LogP contribution in [0, 0.1) is 6.92 Å². The summed E-state index contributed by atoms with van der Waals surface area (Å²) >= 11 is 0. The Kier molecular flexibility index (Phi) is 5.58. The number of nitrogens with one attached hydrogen (secondary N) is 1. The largest absolute Gasteiger partial charge is 0.453 e. The highest BCUT2D eigenvalue weighted by Gasteiger charge is 2.27. The molecular formula is C17H22N2O3. The number of likely N-dealkylation sites (tertiary alicyclic amines) is 1. The molecule has 2 rings (SSSR count). The molecule has 22 heavy (non-hydrogen) atoms. The maximum Gasteiger partial charge on any atom is 0.409 e. The highest BCUT2D eigenvalue weighted by Crippen LogP contribution is 2.10. The summed E-state index contributed by atoms with van der Waals surface area (Å²) in [7, 11) is 1.37. The summed E-state index contributed by atoms with van der Waals surface area (Å²) in [6.07, 6.45) is 4.56. The van der Waals surface area contributed by atoms with E-state index in [0.29, 0.717) is 19.5 Å². The Labute approximate surface area is 130 Å². The van der Waals surface area contributed by atoms with Crippen molar-refractivity contribution < 1.29 is 14.3 Å². The van der Waals surface area contributed by atoms with Gasteiger partial charge >= 0.3 is 6.09 Å². The molecule has 0 aliphatic carbocycles. The van der Waals surface area contributed by atoms with Crippen LogP contribution in [0.1, 0.15) is 24.0 Å². The smallest absolute Gasteiger partial charge is 0.409 e. The van der Waals surface area contributed by atoms with E-state index in [-0.39, 0.29) is 18.0 Å². The minimum atomic E-state index is -0.337. The SMILES string of the molecule is COC(=O)N1CC[C@H](NC(=O)C/C=C/c2ccc(C)cc2)C1. The van der Waals surface area contributed by atoms with Gasteiger partial charge in [0.2, 0.25) is 5.91 Å². The second kappa shape index (κ2) is 7.64. The molecule has 1 aromatic rings. The van der Waals surface area contributed by atoms with E-state index in [1.807, 2.05) is 43.3 Å². The Balaban J connectivity index is 1.74. The normalized spacial score (nSPS) is 17.7. The number of nitrogens with zero attached hydrogens (tertiary/aromatic N) is 1. The molecule has 0 spiro atoms. The van der Waals surface area contributed by atoms with Gasteiger partial charge in [-0.2, -0.15) is 0 Å². The maximum absolute atomic E-state index is 11.9. The van der Waals surface area contributed by atoms with E-state index >= 15 is 0 Å². The fourth-order valence-electron chi connectivity index (χ4n) is 2.44. The van der Waals surface area contributed by atoms with Gasteiger partial charge in [0.05, 0.1) is 7.11 Å². The predicted octanol–water partition coefficient (Wildman–Crippen LogP) is 2.36. The number of carbonyl (C=O) groups excluding carboxylic acids is 2. The van der Waals surface area contributed by atoms with Crippen LogP contribution in [0.5, 0.6) is 0 Å². The van der Waals surface area contributed by atoms with Gasteiger partial charge in [0, 0.05) is 25.6 Å². The quantitative estimate of drug-likeness (QED) is 0.929. The van der Waals surface area contributed by atoms with E-state index in [0.717, 1.165) is 12.0 Å². The van der Waals surface area contributed by atoms with E-state index in [9.17, 15) is 9.59 Å². The number of rotatable bonds is 4. The Morgan fingerprint density at radius 1 is 1.36 bits per heavy atom. The molecular weight excluding hydrogens is 280 g/mol. The minimum absolute atomic E-state index is 0.0133. The lowest BCUT2D eigenvalue weighted by atomic mass is 10.1. The maximum atomic E-state index is 11.9. The Hall–Kier alpha value is -2.30. The first-order valence-electron chi connectivity index (χ1n) is 7.44. The average Bonchev–Trinajstić information content (AvgIpc) is 2.97. The van der Waals surface area contributed by atoms with Crippen molar-refractivity contribution in [3.05, 3.63) is 41.5 Å². The highest BCUT2D eigenvalue weighted by molar-refractivity contribution is 5.79. The van der Waals surface area contributed by atoms with Gasteiger partial charge in [-0.05, 0) is 18.9 Å². The van der Waals surface area contributed by atoms with Crippen molar-refractivity contribution in [3.63, 3.8) is 0 Å². The summed E-state index contributed by atoms with van der Waals surface area (Å²) < 4.78 is 4.67. The molecule has 1 aliphatic heterocycles. The van der Waals surface area contributed by atoms with E-state index in [2.05, 4.69) is 10.1 Å². The summed E-state index contributed by atoms with van der Waals surface area (Å²) in [4.78, 5) is 24.9. The van der Waals surface area contributed by atoms with Crippen LogP contribution in [0.4, 0.5) is 4.79 Å². The van der Waals surface area contributed by atoms with Crippen molar-refractivity contribution >= 4 is 18.1 Å². The molecule has 118 valence electrons. The summed E-state index contributed by atoms with van der Waals surface area (Å²) in [6.45, 7) is 3.18. The summed E-state index contributed by atoms with van der Waals surface area (Å²) in [6, 6.07) is 8.14. The molecule has 2 amide bonds. The average molecular weight is 302 g/mol. The zero-order valence-corrected chi connectivity index (χ0v) is 13.0. The third-order valence-corrected chi connectivity index (χ3v) is 3.68. The molecule has 1 heterocycles. The van der Waals surface area contributed by atoms with Crippen LogP contribution in [-0.2, 0) is 9.53 Å². The predicted molar refractivity (Wildman–Crippen MR) is 85.4 cm³/mol. The van der Waals surface area contributed by atoms with E-state index < -0.39 is 0 Å². The van der Waals surface area contributed by atoms with Gasteiger partial charge in [-0.1, -0.05) is 42.0 Å². The van der Waals surface area contributed by atoms with Gasteiger partial charge in [0.15, 0.2) is 0 Å². The second-order valence-corrected chi connectivity index (χ2v) is 5.49.